The van der Waals surface area contributed by atoms with Crippen molar-refractivity contribution in [3.63, 3.8) is 0 Å². The molecule has 1 heterocycles. The third-order valence-corrected chi connectivity index (χ3v) is 2.09. The summed E-state index contributed by atoms with van der Waals surface area (Å²) < 4.78 is 9.96. The number of hydrogen-bond acceptors (Lipinski definition) is 5. The standard InChI is InChI=1S/C10H19N3O2/c1-7(2)4-5-9-12-10(15-13-9)8(11)6-14-3/h7-8H,4-6,11H2,1-3H3. The molecule has 1 rings (SSSR count). The molecule has 2 N–H and O–H groups in total. The van der Waals surface area contributed by atoms with Crippen LogP contribution in [0.25, 0.3) is 0 Å². The molecular weight excluding hydrogens is 194 g/mol. The summed E-state index contributed by atoms with van der Waals surface area (Å²) in [5.74, 6) is 1.82. The van der Waals surface area contributed by atoms with Crippen molar-refractivity contribution in [2.24, 2.45) is 11.7 Å². The molecule has 0 saturated heterocycles. The minimum atomic E-state index is -0.324. The summed E-state index contributed by atoms with van der Waals surface area (Å²) in [6.45, 7) is 4.72. The second-order valence-electron chi connectivity index (χ2n) is 4.04. The lowest BCUT2D eigenvalue weighted by Crippen LogP contribution is -2.16. The minimum Gasteiger partial charge on any atom is -0.383 e. The number of methoxy groups -OCH3 is 1. The third kappa shape index (κ3) is 3.97. The van der Waals surface area contributed by atoms with Crippen molar-refractivity contribution < 1.29 is 9.26 Å². The van der Waals surface area contributed by atoms with Gasteiger partial charge in [0.05, 0.1) is 6.61 Å². The minimum absolute atomic E-state index is 0.324. The lowest BCUT2D eigenvalue weighted by Gasteiger charge is -2.03. The Labute approximate surface area is 90.0 Å². The highest BCUT2D eigenvalue weighted by Crippen LogP contribution is 2.10. The van der Waals surface area contributed by atoms with Gasteiger partial charge in [-0.3, -0.25) is 0 Å². The van der Waals surface area contributed by atoms with Crippen molar-refractivity contribution in [3.05, 3.63) is 11.7 Å². The zero-order valence-corrected chi connectivity index (χ0v) is 9.56. The number of nitrogens with two attached hydrogens (primary N) is 1. The molecule has 0 saturated carbocycles. The number of rotatable bonds is 6. The predicted octanol–water partition coefficient (Wildman–Crippen LogP) is 1.30. The lowest BCUT2D eigenvalue weighted by atomic mass is 10.1. The van der Waals surface area contributed by atoms with Crippen molar-refractivity contribution in [2.45, 2.75) is 32.7 Å². The van der Waals surface area contributed by atoms with Crippen LogP contribution in [-0.4, -0.2) is 23.9 Å². The Kier molecular flexibility index (Phi) is 4.71. The highest BCUT2D eigenvalue weighted by molar-refractivity contribution is 4.92. The Bertz CT molecular complexity index is 286. The van der Waals surface area contributed by atoms with Crippen molar-refractivity contribution in [3.8, 4) is 0 Å². The highest BCUT2D eigenvalue weighted by atomic mass is 16.5. The topological polar surface area (TPSA) is 74.2 Å². The molecule has 1 atom stereocenters. The van der Waals surface area contributed by atoms with E-state index in [4.69, 9.17) is 15.0 Å². The number of nitrogens with zero attached hydrogens (tertiary/aromatic N) is 2. The van der Waals surface area contributed by atoms with Gasteiger partial charge < -0.3 is 15.0 Å². The van der Waals surface area contributed by atoms with Crippen LogP contribution in [0.2, 0.25) is 0 Å². The average Bonchev–Trinajstić information content (AvgIpc) is 2.63. The van der Waals surface area contributed by atoms with Crippen molar-refractivity contribution in [2.75, 3.05) is 13.7 Å². The SMILES string of the molecule is COCC(N)c1nc(CCC(C)C)no1. The van der Waals surface area contributed by atoms with Gasteiger partial charge in [-0.2, -0.15) is 4.98 Å². The fraction of sp³-hybridized carbons (Fsp3) is 0.800. The molecule has 0 aliphatic rings. The number of ether oxygens (including phenoxy) is 1. The molecular formula is C10H19N3O2. The number of aryl methyl sites for hydroxylation is 1. The Balaban J connectivity index is 2.48. The fourth-order valence-corrected chi connectivity index (χ4v) is 1.19. The second-order valence-corrected chi connectivity index (χ2v) is 4.04. The summed E-state index contributed by atoms with van der Waals surface area (Å²) in [6, 6.07) is -0.324. The van der Waals surface area contributed by atoms with Gasteiger partial charge in [-0.05, 0) is 12.3 Å². The number of aromatic nitrogens is 2. The summed E-state index contributed by atoms with van der Waals surface area (Å²) in [4.78, 5) is 4.22. The van der Waals surface area contributed by atoms with Gasteiger partial charge in [0.15, 0.2) is 5.82 Å². The lowest BCUT2D eigenvalue weighted by molar-refractivity contribution is 0.166. The average molecular weight is 213 g/mol. The maximum atomic E-state index is 5.75. The maximum absolute atomic E-state index is 5.75. The molecule has 0 fully saturated rings. The Morgan fingerprint density at radius 2 is 2.20 bits per heavy atom. The molecule has 86 valence electrons. The summed E-state index contributed by atoms with van der Waals surface area (Å²) >= 11 is 0. The van der Waals surface area contributed by atoms with Crippen molar-refractivity contribution >= 4 is 0 Å². The van der Waals surface area contributed by atoms with Crippen LogP contribution in [0.3, 0.4) is 0 Å². The van der Waals surface area contributed by atoms with Gasteiger partial charge >= 0.3 is 0 Å². The first-order chi connectivity index (χ1) is 7.13. The van der Waals surface area contributed by atoms with Crippen LogP contribution in [0.4, 0.5) is 0 Å². The molecule has 0 aromatic carbocycles. The Morgan fingerprint density at radius 3 is 2.80 bits per heavy atom. The van der Waals surface area contributed by atoms with Crippen LogP contribution in [-0.2, 0) is 11.2 Å². The van der Waals surface area contributed by atoms with Gasteiger partial charge in [0.1, 0.15) is 6.04 Å². The van der Waals surface area contributed by atoms with E-state index < -0.39 is 0 Å². The fourth-order valence-electron chi connectivity index (χ4n) is 1.19. The van der Waals surface area contributed by atoms with Gasteiger partial charge in [0, 0.05) is 13.5 Å². The van der Waals surface area contributed by atoms with E-state index in [1.807, 2.05) is 0 Å². The monoisotopic (exact) mass is 213 g/mol. The van der Waals surface area contributed by atoms with Crippen LogP contribution in [0.5, 0.6) is 0 Å². The summed E-state index contributed by atoms with van der Waals surface area (Å²) in [5, 5.41) is 3.87. The van der Waals surface area contributed by atoms with Crippen molar-refractivity contribution in [1.29, 1.82) is 0 Å². The van der Waals surface area contributed by atoms with E-state index in [9.17, 15) is 0 Å². The normalized spacial score (nSPS) is 13.4. The van der Waals surface area contributed by atoms with Gasteiger partial charge in [-0.25, -0.2) is 0 Å². The van der Waals surface area contributed by atoms with Crippen LogP contribution in [0, 0.1) is 5.92 Å². The highest BCUT2D eigenvalue weighted by Gasteiger charge is 2.14. The van der Waals surface area contributed by atoms with Gasteiger partial charge in [-0.15, -0.1) is 0 Å². The maximum Gasteiger partial charge on any atom is 0.245 e. The molecule has 0 radical (unpaired) electrons. The largest absolute Gasteiger partial charge is 0.383 e. The first-order valence-electron chi connectivity index (χ1n) is 5.20. The van der Waals surface area contributed by atoms with E-state index in [0.29, 0.717) is 18.4 Å². The van der Waals surface area contributed by atoms with E-state index in [1.165, 1.54) is 0 Å². The van der Waals surface area contributed by atoms with E-state index in [0.717, 1.165) is 18.7 Å². The predicted molar refractivity (Wildman–Crippen MR) is 56.3 cm³/mol. The first kappa shape index (κ1) is 12.1. The van der Waals surface area contributed by atoms with E-state index in [1.54, 1.807) is 7.11 Å². The molecule has 5 heteroatoms. The van der Waals surface area contributed by atoms with Crippen LogP contribution >= 0.6 is 0 Å². The van der Waals surface area contributed by atoms with Gasteiger partial charge in [0.2, 0.25) is 5.89 Å². The number of hydrogen-bond donors (Lipinski definition) is 1. The summed E-state index contributed by atoms with van der Waals surface area (Å²) in [7, 11) is 1.59. The quantitative estimate of drug-likeness (QED) is 0.771. The van der Waals surface area contributed by atoms with Crippen LogP contribution in [0.1, 0.15) is 38.0 Å². The van der Waals surface area contributed by atoms with E-state index in [-0.39, 0.29) is 6.04 Å². The smallest absolute Gasteiger partial charge is 0.245 e. The van der Waals surface area contributed by atoms with Gasteiger partial charge in [-0.1, -0.05) is 19.0 Å². The molecule has 0 bridgehead atoms. The molecule has 0 aliphatic heterocycles. The van der Waals surface area contributed by atoms with Gasteiger partial charge in [0.25, 0.3) is 0 Å². The van der Waals surface area contributed by atoms with E-state index >= 15 is 0 Å². The second kappa shape index (κ2) is 5.82. The zero-order chi connectivity index (χ0) is 11.3. The first-order valence-corrected chi connectivity index (χ1v) is 5.20. The van der Waals surface area contributed by atoms with E-state index in [2.05, 4.69) is 24.0 Å². The Morgan fingerprint density at radius 1 is 1.47 bits per heavy atom. The van der Waals surface area contributed by atoms with Crippen LogP contribution in [0.15, 0.2) is 4.52 Å². The summed E-state index contributed by atoms with van der Waals surface area (Å²) in [5.41, 5.74) is 5.75. The third-order valence-electron chi connectivity index (χ3n) is 2.09. The van der Waals surface area contributed by atoms with Crippen LogP contribution < -0.4 is 5.73 Å². The molecule has 1 aromatic heterocycles. The molecule has 5 nitrogen and oxygen atoms in total. The molecule has 15 heavy (non-hydrogen) atoms. The van der Waals surface area contributed by atoms with Crippen molar-refractivity contribution in [1.82, 2.24) is 10.1 Å². The zero-order valence-electron chi connectivity index (χ0n) is 9.56. The molecule has 0 amide bonds. The molecule has 1 unspecified atom stereocenters. The molecule has 0 spiro atoms. The Hall–Kier alpha value is -0.940. The molecule has 1 aromatic rings. The molecule has 0 aliphatic carbocycles. The summed E-state index contributed by atoms with van der Waals surface area (Å²) in [6.07, 6.45) is 1.89.